The SMILES string of the molecule is N#CC(C#N)=C1NCCN1CCNCc1ccc(CN2CC=CCC2)o1. The maximum Gasteiger partial charge on any atom is 0.169 e. The second-order valence-electron chi connectivity index (χ2n) is 6.40. The first-order valence-corrected chi connectivity index (χ1v) is 8.99. The minimum absolute atomic E-state index is 0.144. The molecule has 3 heterocycles. The molecule has 3 rings (SSSR count). The Morgan fingerprint density at radius 2 is 2.04 bits per heavy atom. The van der Waals surface area contributed by atoms with Crippen molar-refractivity contribution >= 4 is 0 Å². The van der Waals surface area contributed by atoms with Gasteiger partial charge in [0.25, 0.3) is 0 Å². The summed E-state index contributed by atoms with van der Waals surface area (Å²) >= 11 is 0. The maximum atomic E-state index is 9.01. The molecule has 1 fully saturated rings. The summed E-state index contributed by atoms with van der Waals surface area (Å²) in [5.41, 5.74) is 0.144. The van der Waals surface area contributed by atoms with Gasteiger partial charge in [-0.15, -0.1) is 0 Å². The molecule has 26 heavy (non-hydrogen) atoms. The summed E-state index contributed by atoms with van der Waals surface area (Å²) in [4.78, 5) is 4.40. The molecule has 1 aromatic heterocycles. The second kappa shape index (κ2) is 9.10. The highest BCUT2D eigenvalue weighted by atomic mass is 16.3. The molecule has 1 aromatic rings. The van der Waals surface area contributed by atoms with Gasteiger partial charge in [0, 0.05) is 39.3 Å². The van der Waals surface area contributed by atoms with Crippen LogP contribution >= 0.6 is 0 Å². The maximum absolute atomic E-state index is 9.01. The Balaban J connectivity index is 1.41. The highest BCUT2D eigenvalue weighted by Crippen LogP contribution is 2.13. The van der Waals surface area contributed by atoms with Gasteiger partial charge in [-0.25, -0.2) is 0 Å². The Morgan fingerprint density at radius 3 is 2.81 bits per heavy atom. The highest BCUT2D eigenvalue weighted by Gasteiger charge is 2.20. The van der Waals surface area contributed by atoms with E-state index in [0.717, 1.165) is 63.8 Å². The summed E-state index contributed by atoms with van der Waals surface area (Å²) in [5, 5.41) is 24.5. The van der Waals surface area contributed by atoms with Crippen LogP contribution in [0.3, 0.4) is 0 Å². The summed E-state index contributed by atoms with van der Waals surface area (Å²) in [6.45, 7) is 6.64. The fourth-order valence-corrected chi connectivity index (χ4v) is 3.22. The van der Waals surface area contributed by atoms with Crippen LogP contribution in [0.5, 0.6) is 0 Å². The summed E-state index contributed by atoms with van der Waals surface area (Å²) in [6.07, 6.45) is 5.53. The van der Waals surface area contributed by atoms with E-state index in [2.05, 4.69) is 27.7 Å². The van der Waals surface area contributed by atoms with E-state index < -0.39 is 0 Å². The first-order chi connectivity index (χ1) is 12.8. The number of furan rings is 1. The van der Waals surface area contributed by atoms with Crippen LogP contribution in [-0.2, 0) is 13.1 Å². The average Bonchev–Trinajstić information content (AvgIpc) is 3.31. The number of allylic oxidation sites excluding steroid dienone is 1. The Morgan fingerprint density at radius 1 is 1.19 bits per heavy atom. The molecule has 7 nitrogen and oxygen atoms in total. The summed E-state index contributed by atoms with van der Waals surface area (Å²) in [6, 6.07) is 7.96. The van der Waals surface area contributed by atoms with Crippen LogP contribution < -0.4 is 10.6 Å². The van der Waals surface area contributed by atoms with E-state index >= 15 is 0 Å². The van der Waals surface area contributed by atoms with Gasteiger partial charge < -0.3 is 20.0 Å². The van der Waals surface area contributed by atoms with Crippen molar-refractivity contribution in [2.45, 2.75) is 19.5 Å². The summed E-state index contributed by atoms with van der Waals surface area (Å²) in [7, 11) is 0. The number of nitrogens with one attached hydrogen (secondary N) is 2. The van der Waals surface area contributed by atoms with E-state index in [1.54, 1.807) is 0 Å². The van der Waals surface area contributed by atoms with E-state index in [-0.39, 0.29) is 5.57 Å². The van der Waals surface area contributed by atoms with Crippen molar-refractivity contribution in [1.82, 2.24) is 20.4 Å². The van der Waals surface area contributed by atoms with Gasteiger partial charge in [-0.05, 0) is 18.6 Å². The van der Waals surface area contributed by atoms with Crippen molar-refractivity contribution in [2.75, 3.05) is 39.3 Å². The molecule has 2 N–H and O–H groups in total. The minimum atomic E-state index is 0.144. The lowest BCUT2D eigenvalue weighted by atomic mass is 10.2. The van der Waals surface area contributed by atoms with Gasteiger partial charge in [-0.1, -0.05) is 12.2 Å². The van der Waals surface area contributed by atoms with Crippen LogP contribution in [0.15, 0.2) is 40.1 Å². The molecule has 0 aromatic carbocycles. The Labute approximate surface area is 154 Å². The zero-order valence-electron chi connectivity index (χ0n) is 14.9. The molecule has 7 heteroatoms. The van der Waals surface area contributed by atoms with Crippen molar-refractivity contribution in [3.63, 3.8) is 0 Å². The zero-order chi connectivity index (χ0) is 18.2. The average molecular weight is 352 g/mol. The molecule has 0 saturated carbocycles. The van der Waals surface area contributed by atoms with E-state index in [9.17, 15) is 0 Å². The van der Waals surface area contributed by atoms with Crippen molar-refractivity contribution in [3.8, 4) is 12.1 Å². The van der Waals surface area contributed by atoms with Gasteiger partial charge in [0.15, 0.2) is 5.57 Å². The minimum Gasteiger partial charge on any atom is -0.463 e. The van der Waals surface area contributed by atoms with Gasteiger partial charge in [0.1, 0.15) is 29.5 Å². The monoisotopic (exact) mass is 352 g/mol. The lowest BCUT2D eigenvalue weighted by Gasteiger charge is -2.21. The van der Waals surface area contributed by atoms with Crippen molar-refractivity contribution in [2.24, 2.45) is 0 Å². The normalized spacial score (nSPS) is 17.0. The molecular weight excluding hydrogens is 328 g/mol. The largest absolute Gasteiger partial charge is 0.463 e. The molecule has 0 atom stereocenters. The zero-order valence-corrected chi connectivity index (χ0v) is 14.9. The Hall–Kier alpha value is -2.74. The van der Waals surface area contributed by atoms with Crippen molar-refractivity contribution < 1.29 is 4.42 Å². The van der Waals surface area contributed by atoms with Crippen LogP contribution in [-0.4, -0.2) is 49.1 Å². The molecule has 136 valence electrons. The number of rotatable bonds is 7. The van der Waals surface area contributed by atoms with Gasteiger partial charge in [0.05, 0.1) is 13.1 Å². The lowest BCUT2D eigenvalue weighted by molar-refractivity contribution is 0.261. The van der Waals surface area contributed by atoms with E-state index in [0.29, 0.717) is 12.4 Å². The van der Waals surface area contributed by atoms with E-state index in [1.807, 2.05) is 29.2 Å². The lowest BCUT2D eigenvalue weighted by Crippen LogP contribution is -2.30. The molecule has 1 saturated heterocycles. The van der Waals surface area contributed by atoms with Gasteiger partial charge in [-0.2, -0.15) is 10.5 Å². The highest BCUT2D eigenvalue weighted by molar-refractivity contribution is 5.39. The van der Waals surface area contributed by atoms with E-state index in [1.165, 1.54) is 0 Å². The molecule has 0 amide bonds. The molecule has 0 spiro atoms. The Bertz CT molecular complexity index is 735. The molecule has 2 aliphatic heterocycles. The standard InChI is InChI=1S/C19H24N6O/c20-12-16(13-21)19-23-7-11-25(19)10-6-22-14-17-4-5-18(26-17)15-24-8-2-1-3-9-24/h1-2,4-5,22-23H,3,6-11,14-15H2. The van der Waals surface area contributed by atoms with Gasteiger partial charge >= 0.3 is 0 Å². The van der Waals surface area contributed by atoms with Crippen molar-refractivity contribution in [3.05, 3.63) is 47.2 Å². The number of hydrogen-bond donors (Lipinski definition) is 2. The van der Waals surface area contributed by atoms with Crippen LogP contribution in [0, 0.1) is 22.7 Å². The molecule has 0 bridgehead atoms. The van der Waals surface area contributed by atoms with Crippen LogP contribution in [0.25, 0.3) is 0 Å². The molecule has 0 unspecified atom stereocenters. The fraction of sp³-hybridized carbons (Fsp3) is 0.474. The van der Waals surface area contributed by atoms with Crippen LogP contribution in [0.1, 0.15) is 17.9 Å². The summed E-state index contributed by atoms with van der Waals surface area (Å²) in [5.74, 6) is 2.57. The molecule has 2 aliphatic rings. The van der Waals surface area contributed by atoms with E-state index in [4.69, 9.17) is 14.9 Å². The number of nitrogens with zero attached hydrogens (tertiary/aromatic N) is 4. The third-order valence-corrected chi connectivity index (χ3v) is 4.55. The predicted octanol–water partition coefficient (Wildman–Crippen LogP) is 1.30. The Kier molecular flexibility index (Phi) is 6.32. The quantitative estimate of drug-likeness (QED) is 0.434. The van der Waals surface area contributed by atoms with Gasteiger partial charge in [0.2, 0.25) is 0 Å². The van der Waals surface area contributed by atoms with Crippen molar-refractivity contribution in [1.29, 1.82) is 10.5 Å². The smallest absolute Gasteiger partial charge is 0.169 e. The fourth-order valence-electron chi connectivity index (χ4n) is 3.22. The van der Waals surface area contributed by atoms with Crippen LogP contribution in [0.4, 0.5) is 0 Å². The predicted molar refractivity (Wildman–Crippen MR) is 97.3 cm³/mol. The third kappa shape index (κ3) is 4.66. The molecule has 0 aliphatic carbocycles. The van der Waals surface area contributed by atoms with Gasteiger partial charge in [-0.3, -0.25) is 4.90 Å². The number of nitriles is 2. The van der Waals surface area contributed by atoms with Crippen LogP contribution in [0.2, 0.25) is 0 Å². The molecular formula is C19H24N6O. The first-order valence-electron chi connectivity index (χ1n) is 8.99. The second-order valence-corrected chi connectivity index (χ2v) is 6.40. The summed E-state index contributed by atoms with van der Waals surface area (Å²) < 4.78 is 5.90. The third-order valence-electron chi connectivity index (χ3n) is 4.55. The molecule has 0 radical (unpaired) electrons. The first kappa shape index (κ1) is 18.1. The number of hydrogen-bond acceptors (Lipinski definition) is 7. The topological polar surface area (TPSA) is 91.3 Å².